The Hall–Kier alpha value is -1.72. The van der Waals surface area contributed by atoms with Gasteiger partial charge in [0.2, 0.25) is 10.0 Å². The van der Waals surface area contributed by atoms with Crippen molar-refractivity contribution >= 4 is 27.3 Å². The molecule has 4 nitrogen and oxygen atoms in total. The first-order valence-electron chi connectivity index (χ1n) is 6.41. The molecule has 1 N–H and O–H groups in total. The Morgan fingerprint density at radius 2 is 1.86 bits per heavy atom. The van der Waals surface area contributed by atoms with Crippen LogP contribution < -0.4 is 9.46 Å². The van der Waals surface area contributed by atoms with Crippen molar-refractivity contribution in [3.8, 4) is 5.75 Å². The van der Waals surface area contributed by atoms with Gasteiger partial charge in [-0.05, 0) is 36.8 Å². The van der Waals surface area contributed by atoms with Crippen LogP contribution >= 0.6 is 11.6 Å². The number of hydrogen-bond acceptors (Lipinski definition) is 3. The summed E-state index contributed by atoms with van der Waals surface area (Å²) in [5, 5.41) is 0.524. The molecule has 2 aromatic rings. The highest BCUT2D eigenvalue weighted by Crippen LogP contribution is 2.20. The fraction of sp³-hybridized carbons (Fsp3) is 0.200. The van der Waals surface area contributed by atoms with Crippen LogP contribution in [0.2, 0.25) is 5.02 Å². The van der Waals surface area contributed by atoms with Gasteiger partial charge in [-0.15, -0.1) is 0 Å². The van der Waals surface area contributed by atoms with Crippen LogP contribution in [0.5, 0.6) is 5.75 Å². The van der Waals surface area contributed by atoms with E-state index in [2.05, 4.69) is 4.72 Å². The van der Waals surface area contributed by atoms with Crippen molar-refractivity contribution in [1.82, 2.24) is 0 Å². The average Bonchev–Trinajstić information content (AvgIpc) is 2.43. The summed E-state index contributed by atoms with van der Waals surface area (Å²) >= 11 is 5.97. The highest BCUT2D eigenvalue weighted by molar-refractivity contribution is 7.92. The molecule has 0 spiro atoms. The Morgan fingerprint density at radius 1 is 1.14 bits per heavy atom. The van der Waals surface area contributed by atoms with Gasteiger partial charge in [-0.25, -0.2) is 8.42 Å². The third kappa shape index (κ3) is 4.95. The third-order valence-electron chi connectivity index (χ3n) is 2.81. The van der Waals surface area contributed by atoms with Crippen molar-refractivity contribution in [2.45, 2.75) is 6.92 Å². The topological polar surface area (TPSA) is 55.4 Å². The molecule has 2 aromatic carbocycles. The molecule has 0 aromatic heterocycles. The number of sulfonamides is 1. The Balaban J connectivity index is 1.91. The standard InChI is InChI=1S/C15H16ClNO3S/c1-12-7-8-13(11-15(12)16)17-21(18,19)10-9-20-14-5-3-2-4-6-14/h2-8,11,17H,9-10H2,1H3. The largest absolute Gasteiger partial charge is 0.492 e. The van der Waals surface area contributed by atoms with Crippen LogP contribution in [0.4, 0.5) is 5.69 Å². The molecule has 0 saturated carbocycles. The molecule has 0 amide bonds. The molecular weight excluding hydrogens is 310 g/mol. The first kappa shape index (κ1) is 15.7. The van der Waals surface area contributed by atoms with E-state index >= 15 is 0 Å². The molecule has 6 heteroatoms. The fourth-order valence-corrected chi connectivity index (χ4v) is 2.74. The van der Waals surface area contributed by atoms with Crippen molar-refractivity contribution < 1.29 is 13.2 Å². The molecule has 0 aliphatic rings. The lowest BCUT2D eigenvalue weighted by atomic mass is 10.2. The van der Waals surface area contributed by atoms with Gasteiger partial charge in [0.05, 0.1) is 0 Å². The predicted octanol–water partition coefficient (Wildman–Crippen LogP) is 3.47. The second-order valence-corrected chi connectivity index (χ2v) is 6.80. The summed E-state index contributed by atoms with van der Waals surface area (Å²) in [6.45, 7) is 1.94. The van der Waals surface area contributed by atoms with Crippen molar-refractivity contribution in [1.29, 1.82) is 0 Å². The zero-order valence-electron chi connectivity index (χ0n) is 11.5. The van der Waals surface area contributed by atoms with Gasteiger partial charge in [0.25, 0.3) is 0 Å². The lowest BCUT2D eigenvalue weighted by Gasteiger charge is -2.10. The monoisotopic (exact) mass is 325 g/mol. The van der Waals surface area contributed by atoms with Gasteiger partial charge in [-0.3, -0.25) is 4.72 Å². The second-order valence-electron chi connectivity index (χ2n) is 4.55. The summed E-state index contributed by atoms with van der Waals surface area (Å²) in [5.41, 5.74) is 1.34. The maximum atomic E-state index is 12.0. The maximum Gasteiger partial charge on any atom is 0.236 e. The van der Waals surface area contributed by atoms with Crippen LogP contribution in [-0.2, 0) is 10.0 Å². The van der Waals surface area contributed by atoms with Crippen molar-refractivity contribution in [3.63, 3.8) is 0 Å². The Labute approximate surface area is 129 Å². The number of aryl methyl sites for hydroxylation is 1. The van der Waals surface area contributed by atoms with Crippen molar-refractivity contribution in [2.24, 2.45) is 0 Å². The van der Waals surface area contributed by atoms with E-state index in [0.717, 1.165) is 5.56 Å². The first-order chi connectivity index (χ1) is 9.96. The van der Waals surface area contributed by atoms with Gasteiger partial charge >= 0.3 is 0 Å². The Bertz CT molecular complexity index is 702. The van der Waals surface area contributed by atoms with Crippen LogP contribution in [0.1, 0.15) is 5.56 Å². The zero-order valence-corrected chi connectivity index (χ0v) is 13.1. The van der Waals surface area contributed by atoms with Gasteiger partial charge in [0.1, 0.15) is 18.1 Å². The van der Waals surface area contributed by atoms with Gasteiger partial charge in [0.15, 0.2) is 0 Å². The quantitative estimate of drug-likeness (QED) is 0.884. The van der Waals surface area contributed by atoms with Crippen LogP contribution in [0.3, 0.4) is 0 Å². The summed E-state index contributed by atoms with van der Waals surface area (Å²) in [6.07, 6.45) is 0. The first-order valence-corrected chi connectivity index (χ1v) is 8.44. The van der Waals surface area contributed by atoms with Crippen LogP contribution in [0.25, 0.3) is 0 Å². The number of nitrogens with one attached hydrogen (secondary N) is 1. The minimum Gasteiger partial charge on any atom is -0.492 e. The van der Waals surface area contributed by atoms with E-state index in [1.165, 1.54) is 0 Å². The maximum absolute atomic E-state index is 12.0. The molecule has 0 aliphatic heterocycles. The number of benzene rings is 2. The van der Waals surface area contributed by atoms with E-state index in [-0.39, 0.29) is 12.4 Å². The van der Waals surface area contributed by atoms with Gasteiger partial charge < -0.3 is 4.74 Å². The number of para-hydroxylation sites is 1. The van der Waals surface area contributed by atoms with Gasteiger partial charge in [-0.1, -0.05) is 35.9 Å². The molecule has 21 heavy (non-hydrogen) atoms. The summed E-state index contributed by atoms with van der Waals surface area (Å²) in [4.78, 5) is 0. The predicted molar refractivity (Wildman–Crippen MR) is 85.5 cm³/mol. The third-order valence-corrected chi connectivity index (χ3v) is 4.47. The number of halogens is 1. The fourth-order valence-electron chi connectivity index (χ4n) is 1.67. The van der Waals surface area contributed by atoms with E-state index in [9.17, 15) is 8.42 Å². The van der Waals surface area contributed by atoms with Gasteiger partial charge in [-0.2, -0.15) is 0 Å². The molecule has 0 heterocycles. The van der Waals surface area contributed by atoms with E-state index < -0.39 is 10.0 Å². The molecular formula is C15H16ClNO3S. The summed E-state index contributed by atoms with van der Waals surface area (Å²) in [6, 6.07) is 14.1. The van der Waals surface area contributed by atoms with Crippen LogP contribution in [0.15, 0.2) is 48.5 Å². The molecule has 2 rings (SSSR count). The Morgan fingerprint density at radius 3 is 2.52 bits per heavy atom. The molecule has 0 radical (unpaired) electrons. The second kappa shape index (κ2) is 6.83. The highest BCUT2D eigenvalue weighted by Gasteiger charge is 2.11. The Kier molecular flexibility index (Phi) is 5.09. The smallest absolute Gasteiger partial charge is 0.236 e. The van der Waals surface area contributed by atoms with Crippen molar-refractivity contribution in [2.75, 3.05) is 17.1 Å². The molecule has 0 unspecified atom stereocenters. The van der Waals surface area contributed by atoms with Crippen LogP contribution in [0, 0.1) is 6.92 Å². The number of ether oxygens (including phenoxy) is 1. The lowest BCUT2D eigenvalue weighted by molar-refractivity contribution is 0.341. The minimum atomic E-state index is -3.47. The summed E-state index contributed by atoms with van der Waals surface area (Å²) < 4.78 is 31.8. The van der Waals surface area contributed by atoms with E-state index in [4.69, 9.17) is 16.3 Å². The molecule has 0 saturated heterocycles. The minimum absolute atomic E-state index is 0.0823. The van der Waals surface area contributed by atoms with E-state index in [0.29, 0.717) is 16.5 Å². The molecule has 112 valence electrons. The number of hydrogen-bond donors (Lipinski definition) is 1. The molecule has 0 aliphatic carbocycles. The lowest BCUT2D eigenvalue weighted by Crippen LogP contribution is -2.21. The molecule has 0 fully saturated rings. The summed E-state index contributed by atoms with van der Waals surface area (Å²) in [5.74, 6) is 0.513. The van der Waals surface area contributed by atoms with Crippen LogP contribution in [-0.4, -0.2) is 20.8 Å². The highest BCUT2D eigenvalue weighted by atomic mass is 35.5. The molecule has 0 atom stereocenters. The molecule has 0 bridgehead atoms. The van der Waals surface area contributed by atoms with Gasteiger partial charge in [0, 0.05) is 10.7 Å². The SMILES string of the molecule is Cc1ccc(NS(=O)(=O)CCOc2ccccc2)cc1Cl. The van der Waals surface area contributed by atoms with E-state index in [1.54, 1.807) is 30.3 Å². The normalized spacial score (nSPS) is 11.1. The van der Waals surface area contributed by atoms with E-state index in [1.807, 2.05) is 25.1 Å². The zero-order chi connectivity index (χ0) is 15.3. The average molecular weight is 326 g/mol. The summed E-state index contributed by atoms with van der Waals surface area (Å²) in [7, 11) is -3.47. The number of rotatable bonds is 6. The number of anilines is 1. The van der Waals surface area contributed by atoms with Crippen molar-refractivity contribution in [3.05, 3.63) is 59.1 Å².